The van der Waals surface area contributed by atoms with Crippen molar-refractivity contribution >= 4 is 51.5 Å². The summed E-state index contributed by atoms with van der Waals surface area (Å²) in [7, 11) is 0. The number of nitrogens with one attached hydrogen (secondary N) is 2. The molecule has 0 saturated heterocycles. The normalized spacial score (nSPS) is 9.47. The average Bonchev–Trinajstić information content (AvgIpc) is 2.21. The van der Waals surface area contributed by atoms with Gasteiger partial charge in [-0.3, -0.25) is 4.79 Å². The van der Waals surface area contributed by atoms with Gasteiger partial charge in [0.05, 0.1) is 0 Å². The van der Waals surface area contributed by atoms with E-state index in [1.54, 1.807) is 6.92 Å². The molecule has 0 spiro atoms. The lowest BCUT2D eigenvalue weighted by Crippen LogP contribution is -2.33. The van der Waals surface area contributed by atoms with Crippen LogP contribution in [0.2, 0.25) is 0 Å². The molecule has 0 aromatic heterocycles. The van der Waals surface area contributed by atoms with Crippen LogP contribution in [0.25, 0.3) is 0 Å². The fourth-order valence-electron chi connectivity index (χ4n) is 0.911. The van der Waals surface area contributed by atoms with Gasteiger partial charge in [-0.25, -0.2) is 0 Å². The molecule has 0 atom stereocenters. The van der Waals surface area contributed by atoms with Crippen molar-refractivity contribution in [3.05, 3.63) is 27.8 Å². The number of rotatable bonds is 2. The van der Waals surface area contributed by atoms with Gasteiger partial charge >= 0.3 is 0 Å². The van der Waals surface area contributed by atoms with Gasteiger partial charge in [-0.15, -0.1) is 0 Å². The smallest absolute Gasteiger partial charge is 0.225 e. The number of halogens is 1. The molecule has 1 aromatic carbocycles. The lowest BCUT2D eigenvalue weighted by molar-refractivity contribution is -0.119. The van der Waals surface area contributed by atoms with Crippen molar-refractivity contribution < 1.29 is 4.79 Å². The summed E-state index contributed by atoms with van der Waals surface area (Å²) in [6, 6.07) is 7.75. The third-order valence-electron chi connectivity index (χ3n) is 1.68. The highest BCUT2D eigenvalue weighted by molar-refractivity contribution is 14.1. The first-order chi connectivity index (χ1) is 7.11. The molecule has 0 saturated carbocycles. The molecule has 0 heterocycles. The van der Waals surface area contributed by atoms with Crippen LogP contribution in [0.15, 0.2) is 24.3 Å². The standard InChI is InChI=1S/C10H11IN2OS/c1-2-9(14)13-10(15)12-8-5-3-7(11)4-6-8/h3-6H,2H2,1H3,(H2,12,13,14,15). The third-order valence-corrected chi connectivity index (χ3v) is 2.60. The quantitative estimate of drug-likeness (QED) is 0.645. The Labute approximate surface area is 108 Å². The molecule has 0 fully saturated rings. The van der Waals surface area contributed by atoms with Crippen molar-refractivity contribution in [1.29, 1.82) is 0 Å². The fourth-order valence-corrected chi connectivity index (χ4v) is 1.50. The first kappa shape index (κ1) is 12.4. The topological polar surface area (TPSA) is 41.1 Å². The third kappa shape index (κ3) is 4.57. The Kier molecular flexibility index (Phi) is 4.97. The van der Waals surface area contributed by atoms with Crippen molar-refractivity contribution in [2.45, 2.75) is 13.3 Å². The Balaban J connectivity index is 2.51. The Bertz CT molecular complexity index is 364. The summed E-state index contributed by atoms with van der Waals surface area (Å²) >= 11 is 7.19. The van der Waals surface area contributed by atoms with Gasteiger partial charge in [0, 0.05) is 15.7 Å². The first-order valence-electron chi connectivity index (χ1n) is 4.48. The van der Waals surface area contributed by atoms with Gasteiger partial charge in [0.15, 0.2) is 5.11 Å². The van der Waals surface area contributed by atoms with Gasteiger partial charge in [0.1, 0.15) is 0 Å². The fraction of sp³-hybridized carbons (Fsp3) is 0.200. The van der Waals surface area contributed by atoms with Gasteiger partial charge in [0.25, 0.3) is 0 Å². The average molecular weight is 334 g/mol. The second kappa shape index (κ2) is 6.02. The van der Waals surface area contributed by atoms with E-state index in [2.05, 4.69) is 33.2 Å². The minimum absolute atomic E-state index is 0.0852. The van der Waals surface area contributed by atoms with E-state index in [0.29, 0.717) is 11.5 Å². The predicted octanol–water partition coefficient (Wildman–Crippen LogP) is 2.51. The summed E-state index contributed by atoms with van der Waals surface area (Å²) in [4.78, 5) is 11.0. The molecule has 3 nitrogen and oxygen atoms in total. The summed E-state index contributed by atoms with van der Waals surface area (Å²) in [6.07, 6.45) is 0.425. The maximum Gasteiger partial charge on any atom is 0.225 e. The highest BCUT2D eigenvalue weighted by atomic mass is 127. The number of carbonyl (C=O) groups is 1. The van der Waals surface area contributed by atoms with Gasteiger partial charge < -0.3 is 10.6 Å². The molecule has 0 aliphatic carbocycles. The predicted molar refractivity (Wildman–Crippen MR) is 73.8 cm³/mol. The lowest BCUT2D eigenvalue weighted by Gasteiger charge is -2.08. The van der Waals surface area contributed by atoms with Gasteiger partial charge in [-0.05, 0) is 59.1 Å². The summed E-state index contributed by atoms with van der Waals surface area (Å²) in [5.41, 5.74) is 0.872. The second-order valence-corrected chi connectivity index (χ2v) is 4.52. The highest BCUT2D eigenvalue weighted by Gasteiger charge is 2.01. The maximum absolute atomic E-state index is 11.0. The van der Waals surface area contributed by atoms with Gasteiger partial charge in [-0.2, -0.15) is 0 Å². The van der Waals surface area contributed by atoms with E-state index < -0.39 is 0 Å². The molecule has 0 bridgehead atoms. The molecule has 0 aliphatic heterocycles. The maximum atomic E-state index is 11.0. The van der Waals surface area contributed by atoms with E-state index in [0.717, 1.165) is 9.26 Å². The van der Waals surface area contributed by atoms with Crippen LogP contribution in [0, 0.1) is 3.57 Å². The summed E-state index contributed by atoms with van der Waals surface area (Å²) in [5, 5.41) is 5.84. The van der Waals surface area contributed by atoms with Crippen LogP contribution in [-0.4, -0.2) is 11.0 Å². The Morgan fingerprint density at radius 2 is 2.00 bits per heavy atom. The summed E-state index contributed by atoms with van der Waals surface area (Å²) < 4.78 is 1.15. The minimum atomic E-state index is -0.0852. The number of hydrogen-bond acceptors (Lipinski definition) is 2. The molecule has 15 heavy (non-hydrogen) atoms. The zero-order valence-corrected chi connectivity index (χ0v) is 11.2. The van der Waals surface area contributed by atoms with Crippen molar-refractivity contribution in [1.82, 2.24) is 5.32 Å². The number of carbonyl (C=O) groups excluding carboxylic acids is 1. The van der Waals surface area contributed by atoms with Crippen molar-refractivity contribution in [2.24, 2.45) is 0 Å². The molecule has 2 N–H and O–H groups in total. The second-order valence-electron chi connectivity index (χ2n) is 2.86. The van der Waals surface area contributed by atoms with Crippen LogP contribution < -0.4 is 10.6 Å². The van der Waals surface area contributed by atoms with E-state index >= 15 is 0 Å². The Morgan fingerprint density at radius 3 is 2.53 bits per heavy atom. The highest BCUT2D eigenvalue weighted by Crippen LogP contribution is 2.10. The van der Waals surface area contributed by atoms with E-state index in [4.69, 9.17) is 12.2 Å². The number of anilines is 1. The first-order valence-corrected chi connectivity index (χ1v) is 5.97. The monoisotopic (exact) mass is 334 g/mol. The van der Waals surface area contributed by atoms with Gasteiger partial charge in [-0.1, -0.05) is 6.92 Å². The van der Waals surface area contributed by atoms with Crippen LogP contribution in [0.5, 0.6) is 0 Å². The van der Waals surface area contributed by atoms with Crippen LogP contribution in [-0.2, 0) is 4.79 Å². The largest absolute Gasteiger partial charge is 0.332 e. The van der Waals surface area contributed by atoms with E-state index in [-0.39, 0.29) is 5.91 Å². The van der Waals surface area contributed by atoms with Crippen molar-refractivity contribution in [3.8, 4) is 0 Å². The number of thiocarbonyl (C=S) groups is 1. The zero-order valence-electron chi connectivity index (χ0n) is 8.21. The summed E-state index contributed by atoms with van der Waals surface area (Å²) in [5.74, 6) is -0.0852. The van der Waals surface area contributed by atoms with E-state index in [1.165, 1.54) is 0 Å². The molecular weight excluding hydrogens is 323 g/mol. The Morgan fingerprint density at radius 1 is 1.40 bits per heavy atom. The van der Waals surface area contributed by atoms with Gasteiger partial charge in [0.2, 0.25) is 5.91 Å². The van der Waals surface area contributed by atoms with Crippen LogP contribution in [0.1, 0.15) is 13.3 Å². The van der Waals surface area contributed by atoms with Crippen LogP contribution >= 0.6 is 34.8 Å². The zero-order chi connectivity index (χ0) is 11.3. The molecule has 1 amide bonds. The molecule has 0 unspecified atom stereocenters. The van der Waals surface area contributed by atoms with E-state index in [9.17, 15) is 4.79 Å². The SMILES string of the molecule is CCC(=O)NC(=S)Nc1ccc(I)cc1. The molecule has 0 radical (unpaired) electrons. The molecule has 0 aliphatic rings. The molecular formula is C10H11IN2OS. The molecule has 1 rings (SSSR count). The molecule has 1 aromatic rings. The van der Waals surface area contributed by atoms with Crippen LogP contribution in [0.3, 0.4) is 0 Å². The number of hydrogen-bond donors (Lipinski definition) is 2. The van der Waals surface area contributed by atoms with Crippen molar-refractivity contribution in [3.63, 3.8) is 0 Å². The molecule has 80 valence electrons. The summed E-state index contributed by atoms with van der Waals surface area (Å²) in [6.45, 7) is 1.78. The Hall–Kier alpha value is -0.690. The van der Waals surface area contributed by atoms with Crippen LogP contribution in [0.4, 0.5) is 5.69 Å². The molecule has 5 heteroatoms. The van der Waals surface area contributed by atoms with E-state index in [1.807, 2.05) is 24.3 Å². The van der Waals surface area contributed by atoms with Crippen molar-refractivity contribution in [2.75, 3.05) is 5.32 Å². The lowest BCUT2D eigenvalue weighted by atomic mass is 10.3. The number of benzene rings is 1. The number of amides is 1. The minimum Gasteiger partial charge on any atom is -0.332 e.